The van der Waals surface area contributed by atoms with Gasteiger partial charge in [0, 0.05) is 34.9 Å². The number of carbonyl (C=O) groups excluding carboxylic acids is 3. The number of carbonyl (C=O) groups is 3. The molecule has 0 aliphatic carbocycles. The molecular weight excluding hydrogens is 420 g/mol. The van der Waals surface area contributed by atoms with Crippen molar-refractivity contribution in [2.75, 3.05) is 19.8 Å². The molecule has 0 aromatic heterocycles. The number of hydrogen-bond donors (Lipinski definition) is 2. The van der Waals surface area contributed by atoms with Gasteiger partial charge in [-0.3, -0.25) is 4.79 Å². The Balaban J connectivity index is 1.76. The number of ether oxygens (including phenoxy) is 1. The van der Waals surface area contributed by atoms with Crippen molar-refractivity contribution in [3.63, 3.8) is 0 Å². The average molecular weight is 442 g/mol. The molecule has 0 saturated carbocycles. The van der Waals surface area contributed by atoms with Gasteiger partial charge in [0.25, 0.3) is 0 Å². The van der Waals surface area contributed by atoms with Crippen molar-refractivity contribution in [1.82, 2.24) is 5.32 Å². The summed E-state index contributed by atoms with van der Waals surface area (Å²) in [4.78, 5) is 41.9. The van der Waals surface area contributed by atoms with Crippen LogP contribution in [0.4, 0.5) is 0 Å². The van der Waals surface area contributed by atoms with E-state index in [0.717, 1.165) is 21.9 Å². The van der Waals surface area contributed by atoms with Crippen LogP contribution in [0.5, 0.6) is 0 Å². The first kappa shape index (κ1) is 22.7. The number of benzene rings is 2. The van der Waals surface area contributed by atoms with Gasteiger partial charge in [0.1, 0.15) is 12.3 Å². The summed E-state index contributed by atoms with van der Waals surface area (Å²) in [6.45, 7) is 3.25. The van der Waals surface area contributed by atoms with E-state index in [9.17, 15) is 14.4 Å². The molecule has 2 aromatic carbocycles. The zero-order valence-electron chi connectivity index (χ0n) is 17.1. The highest BCUT2D eigenvalue weighted by Gasteiger charge is 2.28. The first-order valence-corrected chi connectivity index (χ1v) is 10.4. The molecule has 2 aromatic rings. The first-order chi connectivity index (χ1) is 14.9. The monoisotopic (exact) mass is 442 g/mol. The van der Waals surface area contributed by atoms with Gasteiger partial charge in [0.15, 0.2) is 0 Å². The summed E-state index contributed by atoms with van der Waals surface area (Å²) < 4.78 is 4.90. The fourth-order valence-corrected chi connectivity index (χ4v) is 3.63. The Morgan fingerprint density at radius 1 is 1.13 bits per heavy atom. The van der Waals surface area contributed by atoms with Gasteiger partial charge in [-0.1, -0.05) is 16.9 Å². The predicted octanol–water partition coefficient (Wildman–Crippen LogP) is 2.75. The molecule has 1 atom stereocenters. The minimum atomic E-state index is -0.587. The maximum atomic E-state index is 12.7. The molecule has 1 saturated heterocycles. The molecule has 0 spiro atoms. The second-order valence-corrected chi connectivity index (χ2v) is 7.93. The number of hydrogen-bond acceptors (Lipinski definition) is 9. The van der Waals surface area contributed by atoms with E-state index in [4.69, 9.17) is 9.84 Å². The van der Waals surface area contributed by atoms with Gasteiger partial charge in [0.2, 0.25) is 5.78 Å². The Morgan fingerprint density at radius 2 is 1.81 bits per heavy atom. The first-order valence-electron chi connectivity index (χ1n) is 9.59. The molecule has 2 N–H and O–H groups in total. The van der Waals surface area contributed by atoms with Crippen LogP contribution in [0.1, 0.15) is 46.2 Å². The highest BCUT2D eigenvalue weighted by molar-refractivity contribution is 7.99. The molecule has 0 amide bonds. The van der Waals surface area contributed by atoms with Crippen molar-refractivity contribution in [2.24, 2.45) is 5.16 Å². The summed E-state index contributed by atoms with van der Waals surface area (Å²) in [7, 11) is 0. The summed E-state index contributed by atoms with van der Waals surface area (Å²) >= 11 is 1.50. The minimum Gasteiger partial charge on any atom is -0.460 e. The van der Waals surface area contributed by atoms with Gasteiger partial charge in [-0.05, 0) is 55.0 Å². The maximum absolute atomic E-state index is 12.7. The molecule has 1 aliphatic rings. The second kappa shape index (κ2) is 10.3. The van der Waals surface area contributed by atoms with Crippen LogP contribution in [0.25, 0.3) is 0 Å². The van der Waals surface area contributed by atoms with Crippen molar-refractivity contribution in [3.05, 3.63) is 59.2 Å². The van der Waals surface area contributed by atoms with Crippen LogP contribution >= 0.6 is 11.8 Å². The number of Topliss-reactive ketones (excluding diaryl/α,β-unsaturated/α-hetero) is 1. The van der Waals surface area contributed by atoms with Crippen LogP contribution in [0, 0.1) is 0 Å². The Morgan fingerprint density at radius 3 is 2.42 bits per heavy atom. The van der Waals surface area contributed by atoms with E-state index >= 15 is 0 Å². The number of aliphatic hydroxyl groups excluding tert-OH is 1. The number of oxime groups is 1. The van der Waals surface area contributed by atoms with Crippen molar-refractivity contribution in [1.29, 1.82) is 0 Å². The number of nitrogens with zero attached hydrogens (tertiary/aromatic N) is 1. The zero-order chi connectivity index (χ0) is 22.4. The highest BCUT2D eigenvalue weighted by Crippen LogP contribution is 2.34. The van der Waals surface area contributed by atoms with Crippen LogP contribution in [-0.2, 0) is 14.4 Å². The largest absolute Gasteiger partial charge is 0.460 e. The SMILES string of the molecule is CC(=O)O/N=C(\C)C(=O)c1ccc(Sc2ccc(C(=O)OCCO)cc2)cc1C1CN1. The normalized spacial score (nSPS) is 15.3. The molecule has 162 valence electrons. The van der Waals surface area contributed by atoms with Gasteiger partial charge in [-0.2, -0.15) is 0 Å². The molecular formula is C22H22N2O6S. The van der Waals surface area contributed by atoms with E-state index < -0.39 is 11.9 Å². The summed E-state index contributed by atoms with van der Waals surface area (Å²) in [5.74, 6) is -1.37. The Labute approximate surface area is 183 Å². The third-order valence-corrected chi connectivity index (χ3v) is 5.34. The zero-order valence-corrected chi connectivity index (χ0v) is 17.9. The maximum Gasteiger partial charge on any atom is 0.338 e. The Kier molecular flexibility index (Phi) is 7.56. The second-order valence-electron chi connectivity index (χ2n) is 6.78. The standard InChI is InChI=1S/C22H22N2O6S/c1-13(24-30-14(2)26)21(27)18-8-7-17(11-19(18)20-12-23-20)31-16-5-3-15(4-6-16)22(28)29-10-9-25/h3-8,11,20,23,25H,9-10,12H2,1-2H3/b24-13+. The van der Waals surface area contributed by atoms with E-state index in [1.807, 2.05) is 24.3 Å². The lowest BCUT2D eigenvalue weighted by molar-refractivity contribution is -0.140. The van der Waals surface area contributed by atoms with Crippen molar-refractivity contribution >= 4 is 35.2 Å². The molecule has 1 fully saturated rings. The molecule has 0 radical (unpaired) electrons. The van der Waals surface area contributed by atoms with E-state index in [2.05, 4.69) is 15.3 Å². The molecule has 31 heavy (non-hydrogen) atoms. The molecule has 1 heterocycles. The van der Waals surface area contributed by atoms with Crippen LogP contribution in [0.2, 0.25) is 0 Å². The van der Waals surface area contributed by atoms with Gasteiger partial charge >= 0.3 is 11.9 Å². The molecule has 3 rings (SSSR count). The van der Waals surface area contributed by atoms with Gasteiger partial charge in [-0.15, -0.1) is 0 Å². The highest BCUT2D eigenvalue weighted by atomic mass is 32.2. The Bertz CT molecular complexity index is 1020. The van der Waals surface area contributed by atoms with Crippen molar-refractivity contribution in [3.8, 4) is 0 Å². The predicted molar refractivity (Wildman–Crippen MR) is 114 cm³/mol. The van der Waals surface area contributed by atoms with Crippen LogP contribution in [-0.4, -0.2) is 48.3 Å². The van der Waals surface area contributed by atoms with Gasteiger partial charge in [0.05, 0.1) is 12.2 Å². The smallest absolute Gasteiger partial charge is 0.338 e. The summed E-state index contributed by atoms with van der Waals surface area (Å²) in [5, 5.41) is 15.5. The third-order valence-electron chi connectivity index (χ3n) is 4.34. The third kappa shape index (κ3) is 6.24. The molecule has 1 unspecified atom stereocenters. The van der Waals surface area contributed by atoms with E-state index in [0.29, 0.717) is 11.1 Å². The van der Waals surface area contributed by atoms with Gasteiger partial charge < -0.3 is 20.0 Å². The fraction of sp³-hybridized carbons (Fsp3) is 0.273. The van der Waals surface area contributed by atoms with E-state index in [-0.39, 0.29) is 30.8 Å². The number of ketones is 1. The topological polar surface area (TPSA) is 124 Å². The van der Waals surface area contributed by atoms with Gasteiger partial charge in [-0.25, -0.2) is 9.59 Å². The lowest BCUT2D eigenvalue weighted by Gasteiger charge is -2.10. The van der Waals surface area contributed by atoms with Crippen LogP contribution < -0.4 is 5.32 Å². The van der Waals surface area contributed by atoms with Crippen molar-refractivity contribution < 1.29 is 29.1 Å². The number of aliphatic hydroxyl groups is 1. The number of rotatable bonds is 9. The van der Waals surface area contributed by atoms with E-state index in [1.165, 1.54) is 25.6 Å². The van der Waals surface area contributed by atoms with Crippen LogP contribution in [0.15, 0.2) is 57.4 Å². The van der Waals surface area contributed by atoms with Crippen LogP contribution in [0.3, 0.4) is 0 Å². The molecule has 9 heteroatoms. The quantitative estimate of drug-likeness (QED) is 0.152. The summed E-state index contributed by atoms with van der Waals surface area (Å²) in [6, 6.07) is 12.6. The fourth-order valence-electron chi connectivity index (χ4n) is 2.76. The molecule has 1 aliphatic heterocycles. The summed E-state index contributed by atoms with van der Waals surface area (Å²) in [5.41, 5.74) is 1.87. The molecule has 0 bridgehead atoms. The Hall–Kier alpha value is -3.01. The number of esters is 1. The average Bonchev–Trinajstić information content (AvgIpc) is 3.61. The summed E-state index contributed by atoms with van der Waals surface area (Å²) in [6.07, 6.45) is 0. The number of nitrogens with one attached hydrogen (secondary N) is 1. The van der Waals surface area contributed by atoms with Crippen molar-refractivity contribution in [2.45, 2.75) is 29.7 Å². The molecule has 8 nitrogen and oxygen atoms in total. The van der Waals surface area contributed by atoms with E-state index in [1.54, 1.807) is 18.2 Å². The lowest BCUT2D eigenvalue weighted by Crippen LogP contribution is -2.14. The lowest BCUT2D eigenvalue weighted by atomic mass is 9.99. The minimum absolute atomic E-state index is 0.0383.